The van der Waals surface area contributed by atoms with Crippen molar-refractivity contribution in [2.24, 2.45) is 10.9 Å². The van der Waals surface area contributed by atoms with Gasteiger partial charge in [0, 0.05) is 37.4 Å². The van der Waals surface area contributed by atoms with Crippen LogP contribution in [0, 0.1) is 11.7 Å². The van der Waals surface area contributed by atoms with Gasteiger partial charge in [0.15, 0.2) is 5.96 Å². The molecule has 0 aliphatic heterocycles. The maximum Gasteiger partial charge on any atom is 0.191 e. The number of hydrogen-bond acceptors (Lipinski definition) is 2. The summed E-state index contributed by atoms with van der Waals surface area (Å²) in [6.07, 6.45) is 3.76. The molecule has 7 heteroatoms. The van der Waals surface area contributed by atoms with Gasteiger partial charge in [-0.3, -0.25) is 9.67 Å². The highest BCUT2D eigenvalue weighted by Crippen LogP contribution is 2.24. The van der Waals surface area contributed by atoms with E-state index in [9.17, 15) is 4.39 Å². The number of nitrogens with zero attached hydrogens (tertiary/aromatic N) is 3. The van der Waals surface area contributed by atoms with Crippen LogP contribution in [0.2, 0.25) is 0 Å². The van der Waals surface area contributed by atoms with Crippen molar-refractivity contribution in [3.05, 3.63) is 54.1 Å². The second-order valence-corrected chi connectivity index (χ2v) is 7.30. The Hall–Kier alpha value is -1.64. The minimum Gasteiger partial charge on any atom is -0.357 e. The Morgan fingerprint density at radius 3 is 2.70 bits per heavy atom. The molecule has 2 aromatic rings. The van der Waals surface area contributed by atoms with Gasteiger partial charge in [0.1, 0.15) is 5.82 Å². The Morgan fingerprint density at radius 1 is 1.30 bits per heavy atom. The number of guanidine groups is 1. The van der Waals surface area contributed by atoms with E-state index in [1.54, 1.807) is 18.3 Å². The summed E-state index contributed by atoms with van der Waals surface area (Å²) in [6, 6.07) is 8.68. The first-order chi connectivity index (χ1) is 12.4. The number of rotatable bonds is 8. The molecule has 150 valence electrons. The first-order valence-corrected chi connectivity index (χ1v) is 9.16. The van der Waals surface area contributed by atoms with E-state index in [0.717, 1.165) is 31.2 Å². The summed E-state index contributed by atoms with van der Waals surface area (Å²) in [4.78, 5) is 4.71. The third-order valence-corrected chi connectivity index (χ3v) is 4.26. The van der Waals surface area contributed by atoms with Crippen LogP contribution in [-0.2, 0) is 12.0 Å². The van der Waals surface area contributed by atoms with Crippen LogP contribution in [0.5, 0.6) is 0 Å². The summed E-state index contributed by atoms with van der Waals surface area (Å²) in [5, 5.41) is 10.9. The SMILES string of the molecule is CCNC(=NCC(C)(C)c1cccc(F)c1)NCC(C)Cn1cccn1.I. The molecular weight excluding hydrogens is 456 g/mol. The van der Waals surface area contributed by atoms with E-state index >= 15 is 0 Å². The van der Waals surface area contributed by atoms with E-state index in [2.05, 4.69) is 36.5 Å². The highest BCUT2D eigenvalue weighted by Gasteiger charge is 2.21. The van der Waals surface area contributed by atoms with Crippen molar-refractivity contribution in [2.75, 3.05) is 19.6 Å². The van der Waals surface area contributed by atoms with E-state index in [4.69, 9.17) is 4.99 Å². The van der Waals surface area contributed by atoms with Crippen LogP contribution < -0.4 is 10.6 Å². The molecule has 0 spiro atoms. The van der Waals surface area contributed by atoms with Crippen molar-refractivity contribution in [2.45, 2.75) is 39.7 Å². The van der Waals surface area contributed by atoms with Crippen molar-refractivity contribution in [1.29, 1.82) is 0 Å². The zero-order valence-electron chi connectivity index (χ0n) is 16.6. The van der Waals surface area contributed by atoms with Gasteiger partial charge in [-0.05, 0) is 36.6 Å². The van der Waals surface area contributed by atoms with Crippen molar-refractivity contribution in [1.82, 2.24) is 20.4 Å². The van der Waals surface area contributed by atoms with Gasteiger partial charge in [0.25, 0.3) is 0 Å². The summed E-state index contributed by atoms with van der Waals surface area (Å²) < 4.78 is 15.4. The monoisotopic (exact) mass is 487 g/mol. The smallest absolute Gasteiger partial charge is 0.191 e. The Kier molecular flexibility index (Phi) is 9.76. The standard InChI is InChI=1S/C20H30FN5.HI/c1-5-22-19(23-13-16(2)14-26-11-7-10-25-26)24-15-20(3,4)17-8-6-9-18(21)12-17;/h6-12,16H,5,13-15H2,1-4H3,(H2,22,23,24);1H. The number of hydrogen-bond donors (Lipinski definition) is 2. The van der Waals surface area contributed by atoms with E-state index in [1.807, 2.05) is 29.9 Å². The predicted octanol–water partition coefficient (Wildman–Crippen LogP) is 3.81. The molecule has 2 N–H and O–H groups in total. The molecule has 0 saturated carbocycles. The molecular formula is C20H31FIN5. The molecule has 0 fully saturated rings. The Balaban J connectivity index is 0.00000364. The normalized spacial score (nSPS) is 13.0. The van der Waals surface area contributed by atoms with Gasteiger partial charge < -0.3 is 10.6 Å². The second kappa shape index (κ2) is 11.3. The molecule has 0 radical (unpaired) electrons. The fraction of sp³-hybridized carbons (Fsp3) is 0.500. The third-order valence-electron chi connectivity index (χ3n) is 4.26. The van der Waals surface area contributed by atoms with Gasteiger partial charge >= 0.3 is 0 Å². The first-order valence-electron chi connectivity index (χ1n) is 9.16. The first kappa shape index (κ1) is 23.4. The third kappa shape index (κ3) is 7.86. The van der Waals surface area contributed by atoms with Crippen molar-refractivity contribution in [3.63, 3.8) is 0 Å². The van der Waals surface area contributed by atoms with Crippen LogP contribution in [0.25, 0.3) is 0 Å². The molecule has 0 bridgehead atoms. The van der Waals surface area contributed by atoms with Crippen LogP contribution in [0.3, 0.4) is 0 Å². The zero-order chi connectivity index (χ0) is 19.0. The average molecular weight is 487 g/mol. The second-order valence-electron chi connectivity index (χ2n) is 7.30. The topological polar surface area (TPSA) is 54.2 Å². The van der Waals surface area contributed by atoms with Gasteiger partial charge in [0.2, 0.25) is 0 Å². The van der Waals surface area contributed by atoms with Crippen molar-refractivity contribution >= 4 is 29.9 Å². The van der Waals surface area contributed by atoms with Crippen molar-refractivity contribution < 1.29 is 4.39 Å². The average Bonchev–Trinajstić information content (AvgIpc) is 3.10. The van der Waals surface area contributed by atoms with Crippen LogP contribution in [0.4, 0.5) is 4.39 Å². The van der Waals surface area contributed by atoms with Gasteiger partial charge in [-0.25, -0.2) is 4.39 Å². The minimum absolute atomic E-state index is 0. The lowest BCUT2D eigenvalue weighted by molar-refractivity contribution is 0.442. The van der Waals surface area contributed by atoms with Gasteiger partial charge in [-0.1, -0.05) is 32.9 Å². The van der Waals surface area contributed by atoms with Crippen LogP contribution in [-0.4, -0.2) is 35.4 Å². The highest BCUT2D eigenvalue weighted by atomic mass is 127. The van der Waals surface area contributed by atoms with Gasteiger partial charge in [-0.15, -0.1) is 24.0 Å². The molecule has 0 aliphatic rings. The fourth-order valence-corrected chi connectivity index (χ4v) is 2.68. The van der Waals surface area contributed by atoms with E-state index in [-0.39, 0.29) is 35.2 Å². The van der Waals surface area contributed by atoms with Crippen LogP contribution >= 0.6 is 24.0 Å². The molecule has 1 heterocycles. The summed E-state index contributed by atoms with van der Waals surface area (Å²) in [5.74, 6) is 0.983. The summed E-state index contributed by atoms with van der Waals surface area (Å²) in [5.41, 5.74) is 0.703. The number of nitrogens with one attached hydrogen (secondary N) is 2. The Bertz CT molecular complexity index is 700. The number of aliphatic imine (C=N–C) groups is 1. The molecule has 0 saturated heterocycles. The number of halogens is 2. The van der Waals surface area contributed by atoms with Crippen LogP contribution in [0.1, 0.15) is 33.3 Å². The molecule has 0 aliphatic carbocycles. The molecule has 1 aromatic carbocycles. The molecule has 2 rings (SSSR count). The molecule has 1 atom stereocenters. The number of aromatic nitrogens is 2. The highest BCUT2D eigenvalue weighted by molar-refractivity contribution is 14.0. The Morgan fingerprint density at radius 2 is 2.07 bits per heavy atom. The van der Waals surface area contributed by atoms with Crippen molar-refractivity contribution in [3.8, 4) is 0 Å². The molecule has 27 heavy (non-hydrogen) atoms. The van der Waals surface area contributed by atoms with E-state index in [0.29, 0.717) is 12.5 Å². The lowest BCUT2D eigenvalue weighted by Crippen LogP contribution is -2.41. The quantitative estimate of drug-likeness (QED) is 0.338. The molecule has 5 nitrogen and oxygen atoms in total. The van der Waals surface area contributed by atoms with E-state index in [1.165, 1.54) is 6.07 Å². The minimum atomic E-state index is -0.245. The van der Waals surface area contributed by atoms with E-state index < -0.39 is 0 Å². The van der Waals surface area contributed by atoms with Gasteiger partial charge in [-0.2, -0.15) is 5.10 Å². The maximum atomic E-state index is 13.5. The predicted molar refractivity (Wildman–Crippen MR) is 120 cm³/mol. The summed E-state index contributed by atoms with van der Waals surface area (Å²) in [7, 11) is 0. The fourth-order valence-electron chi connectivity index (χ4n) is 2.68. The largest absolute Gasteiger partial charge is 0.357 e. The maximum absolute atomic E-state index is 13.5. The lowest BCUT2D eigenvalue weighted by Gasteiger charge is -2.24. The summed E-state index contributed by atoms with van der Waals surface area (Å²) in [6.45, 7) is 11.4. The Labute approximate surface area is 178 Å². The lowest BCUT2D eigenvalue weighted by atomic mass is 9.85. The summed E-state index contributed by atoms with van der Waals surface area (Å²) >= 11 is 0. The zero-order valence-corrected chi connectivity index (χ0v) is 18.9. The molecule has 0 amide bonds. The molecule has 1 unspecified atom stereocenters. The number of benzene rings is 1. The van der Waals surface area contributed by atoms with Gasteiger partial charge in [0.05, 0.1) is 6.54 Å². The molecule has 1 aromatic heterocycles. The van der Waals surface area contributed by atoms with Crippen LogP contribution in [0.15, 0.2) is 47.7 Å².